The molecule has 1 unspecified atom stereocenters. The van der Waals surface area contributed by atoms with Gasteiger partial charge in [-0.1, -0.05) is 46.3 Å². The molecule has 1 aliphatic heterocycles. The highest BCUT2D eigenvalue weighted by Gasteiger charge is 2.17. The van der Waals surface area contributed by atoms with Crippen molar-refractivity contribution in [3.05, 3.63) is 69.7 Å². The normalized spacial score (nSPS) is 17.5. The van der Waals surface area contributed by atoms with Crippen LogP contribution in [0.2, 0.25) is 0 Å². The number of hydrogen-bond acceptors (Lipinski definition) is 3. The van der Waals surface area contributed by atoms with Gasteiger partial charge in [0, 0.05) is 16.1 Å². The maximum Gasteiger partial charge on any atom is 0.307 e. The van der Waals surface area contributed by atoms with Gasteiger partial charge in [-0.3, -0.25) is 9.69 Å². The van der Waals surface area contributed by atoms with Crippen molar-refractivity contribution in [3.63, 3.8) is 0 Å². The zero-order valence-corrected chi connectivity index (χ0v) is 17.0. The van der Waals surface area contributed by atoms with Gasteiger partial charge in [0.1, 0.15) is 12.4 Å². The van der Waals surface area contributed by atoms with Gasteiger partial charge in [-0.25, -0.2) is 0 Å². The molecule has 4 nitrogen and oxygen atoms in total. The Morgan fingerprint density at radius 2 is 2.15 bits per heavy atom. The van der Waals surface area contributed by atoms with Gasteiger partial charge in [-0.05, 0) is 61.8 Å². The molecule has 1 saturated heterocycles. The van der Waals surface area contributed by atoms with Gasteiger partial charge in [0.05, 0.1) is 6.42 Å². The Hall–Kier alpha value is -2.11. The Morgan fingerprint density at radius 1 is 1.33 bits per heavy atom. The zero-order valence-electron chi connectivity index (χ0n) is 15.4. The standard InChI is InChI=1S/C22H24BrNO3/c1-24-10-4-6-20(24)9-8-16-11-17(13-19(23)12-16)15-27-21-7-3-2-5-18(21)14-22(25)26/h2-3,5,7-9,11-13,20H,4,6,10,14-15H2,1H3,(H,25,26). The fraction of sp³-hybridized carbons (Fsp3) is 0.318. The van der Waals surface area contributed by atoms with Crippen molar-refractivity contribution in [2.75, 3.05) is 13.6 Å². The molecule has 1 aliphatic rings. The van der Waals surface area contributed by atoms with Crippen molar-refractivity contribution in [3.8, 4) is 5.75 Å². The third-order valence-electron chi connectivity index (χ3n) is 4.78. The van der Waals surface area contributed by atoms with Gasteiger partial charge in [-0.15, -0.1) is 0 Å². The minimum atomic E-state index is -0.863. The smallest absolute Gasteiger partial charge is 0.307 e. The molecule has 5 heteroatoms. The predicted molar refractivity (Wildman–Crippen MR) is 111 cm³/mol. The molecule has 1 heterocycles. The highest BCUT2D eigenvalue weighted by molar-refractivity contribution is 9.10. The number of carbonyl (C=O) groups is 1. The van der Waals surface area contributed by atoms with Gasteiger partial charge in [0.15, 0.2) is 0 Å². The van der Waals surface area contributed by atoms with Crippen LogP contribution in [0, 0.1) is 0 Å². The Balaban J connectivity index is 1.70. The first-order valence-corrected chi connectivity index (χ1v) is 9.91. The van der Waals surface area contributed by atoms with Gasteiger partial charge in [0.2, 0.25) is 0 Å². The quantitative estimate of drug-likeness (QED) is 0.688. The molecule has 0 bridgehead atoms. The largest absolute Gasteiger partial charge is 0.489 e. The van der Waals surface area contributed by atoms with Crippen LogP contribution in [0.5, 0.6) is 5.75 Å². The number of carboxylic acid groups (broad SMARTS) is 1. The predicted octanol–water partition coefficient (Wildman–Crippen LogP) is 4.76. The van der Waals surface area contributed by atoms with Gasteiger partial charge in [0.25, 0.3) is 0 Å². The molecule has 0 saturated carbocycles. The maximum absolute atomic E-state index is 11.0. The molecule has 3 rings (SSSR count). The van der Waals surface area contributed by atoms with E-state index in [0.29, 0.717) is 24.0 Å². The average Bonchev–Trinajstić information content (AvgIpc) is 3.03. The number of nitrogens with zero attached hydrogens (tertiary/aromatic N) is 1. The molecule has 2 aromatic rings. The minimum absolute atomic E-state index is 0.0441. The molecule has 2 aromatic carbocycles. The molecule has 0 amide bonds. The van der Waals surface area contributed by atoms with E-state index in [9.17, 15) is 4.79 Å². The Labute approximate surface area is 168 Å². The van der Waals surface area contributed by atoms with Crippen molar-refractivity contribution in [2.45, 2.75) is 31.9 Å². The van der Waals surface area contributed by atoms with Crippen molar-refractivity contribution in [2.24, 2.45) is 0 Å². The number of ether oxygens (including phenoxy) is 1. The first-order valence-electron chi connectivity index (χ1n) is 9.11. The molecule has 1 fully saturated rings. The number of likely N-dealkylation sites (tertiary alicyclic amines) is 1. The molecule has 0 aliphatic carbocycles. The molecule has 0 spiro atoms. The number of rotatable bonds is 7. The van der Waals surface area contributed by atoms with Crippen molar-refractivity contribution in [1.29, 1.82) is 0 Å². The van der Waals surface area contributed by atoms with Gasteiger partial charge >= 0.3 is 5.97 Å². The summed E-state index contributed by atoms with van der Waals surface area (Å²) < 4.78 is 6.91. The number of para-hydroxylation sites is 1. The van der Waals surface area contributed by atoms with E-state index < -0.39 is 5.97 Å². The van der Waals surface area contributed by atoms with E-state index in [4.69, 9.17) is 9.84 Å². The van der Waals surface area contributed by atoms with Crippen molar-refractivity contribution < 1.29 is 14.6 Å². The highest BCUT2D eigenvalue weighted by atomic mass is 79.9. The summed E-state index contributed by atoms with van der Waals surface area (Å²) in [4.78, 5) is 13.4. The number of carboxylic acids is 1. The fourth-order valence-electron chi connectivity index (χ4n) is 3.37. The van der Waals surface area contributed by atoms with Crippen molar-refractivity contribution >= 4 is 28.0 Å². The number of halogens is 1. The molecular formula is C22H24BrNO3. The van der Waals surface area contributed by atoms with Crippen LogP contribution in [0.15, 0.2) is 53.0 Å². The lowest BCUT2D eigenvalue weighted by molar-refractivity contribution is -0.136. The lowest BCUT2D eigenvalue weighted by atomic mass is 10.1. The molecule has 27 heavy (non-hydrogen) atoms. The summed E-state index contributed by atoms with van der Waals surface area (Å²) in [6.45, 7) is 1.54. The SMILES string of the molecule is CN1CCCC1C=Cc1cc(Br)cc(COc2ccccc2CC(=O)O)c1. The van der Waals surface area contributed by atoms with Crippen LogP contribution in [0.3, 0.4) is 0 Å². The lowest BCUT2D eigenvalue weighted by Crippen LogP contribution is -2.22. The summed E-state index contributed by atoms with van der Waals surface area (Å²) in [5.74, 6) is -0.248. The maximum atomic E-state index is 11.0. The third kappa shape index (κ3) is 5.68. The lowest BCUT2D eigenvalue weighted by Gasteiger charge is -2.15. The van der Waals surface area contributed by atoms with Crippen LogP contribution in [0.1, 0.15) is 29.5 Å². The highest BCUT2D eigenvalue weighted by Crippen LogP contribution is 2.23. The van der Waals surface area contributed by atoms with Gasteiger partial charge in [-0.2, -0.15) is 0 Å². The number of hydrogen-bond donors (Lipinski definition) is 1. The van der Waals surface area contributed by atoms with E-state index in [1.165, 1.54) is 12.8 Å². The van der Waals surface area contributed by atoms with Crippen LogP contribution in [-0.4, -0.2) is 35.6 Å². The summed E-state index contributed by atoms with van der Waals surface area (Å²) in [5.41, 5.74) is 2.85. The van der Waals surface area contributed by atoms with Gasteiger partial charge < -0.3 is 9.84 Å². The molecule has 142 valence electrons. The summed E-state index contributed by atoms with van der Waals surface area (Å²) in [6, 6.07) is 14.0. The summed E-state index contributed by atoms with van der Waals surface area (Å²) in [6.07, 6.45) is 6.84. The first-order chi connectivity index (χ1) is 13.0. The summed E-state index contributed by atoms with van der Waals surface area (Å²) >= 11 is 3.57. The van der Waals surface area contributed by atoms with E-state index in [1.54, 1.807) is 6.07 Å². The zero-order chi connectivity index (χ0) is 19.2. The van der Waals surface area contributed by atoms with Crippen LogP contribution < -0.4 is 4.74 Å². The fourth-order valence-corrected chi connectivity index (χ4v) is 3.93. The minimum Gasteiger partial charge on any atom is -0.489 e. The number of aliphatic carboxylic acids is 1. The molecule has 1 N–H and O–H groups in total. The topological polar surface area (TPSA) is 49.8 Å². The van der Waals surface area contributed by atoms with E-state index in [1.807, 2.05) is 24.3 Å². The van der Waals surface area contributed by atoms with E-state index in [-0.39, 0.29) is 6.42 Å². The summed E-state index contributed by atoms with van der Waals surface area (Å²) in [5, 5.41) is 9.04. The Bertz CT molecular complexity index is 834. The molecule has 0 radical (unpaired) electrons. The second-order valence-corrected chi connectivity index (χ2v) is 7.82. The van der Waals surface area contributed by atoms with Crippen molar-refractivity contribution in [1.82, 2.24) is 4.90 Å². The van der Waals surface area contributed by atoms with E-state index in [2.05, 4.69) is 52.2 Å². The first kappa shape index (κ1) is 19.6. The van der Waals surface area contributed by atoms with E-state index in [0.717, 1.165) is 22.1 Å². The molecule has 0 aromatic heterocycles. The van der Waals surface area contributed by atoms with Crippen LogP contribution in [0.4, 0.5) is 0 Å². The second-order valence-electron chi connectivity index (χ2n) is 6.91. The van der Waals surface area contributed by atoms with Crippen LogP contribution in [0.25, 0.3) is 6.08 Å². The summed E-state index contributed by atoms with van der Waals surface area (Å²) in [7, 11) is 2.16. The second kappa shape index (κ2) is 9.20. The monoisotopic (exact) mass is 429 g/mol. The molecular weight excluding hydrogens is 406 g/mol. The average molecular weight is 430 g/mol. The number of likely N-dealkylation sites (N-methyl/N-ethyl adjacent to an activating group) is 1. The Morgan fingerprint density at radius 3 is 2.89 bits per heavy atom. The van der Waals surface area contributed by atoms with E-state index >= 15 is 0 Å². The third-order valence-corrected chi connectivity index (χ3v) is 5.23. The number of benzene rings is 2. The van der Waals surface area contributed by atoms with Crippen LogP contribution >= 0.6 is 15.9 Å². The molecule has 1 atom stereocenters. The Kier molecular flexibility index (Phi) is 6.69. The van der Waals surface area contributed by atoms with Crippen LogP contribution in [-0.2, 0) is 17.8 Å².